The molecule has 1 amide bonds. The van der Waals surface area contributed by atoms with Crippen LogP contribution in [0, 0.1) is 0 Å². The van der Waals surface area contributed by atoms with Gasteiger partial charge in [0.05, 0.1) is 17.2 Å². The average Bonchev–Trinajstić information content (AvgIpc) is 3.39. The third-order valence-electron chi connectivity index (χ3n) is 4.88. The number of hydrogen-bond donors (Lipinski definition) is 1. The summed E-state index contributed by atoms with van der Waals surface area (Å²) in [5.74, 6) is 1.15. The maximum Gasteiger partial charge on any atom is 0.276 e. The zero-order valence-corrected chi connectivity index (χ0v) is 15.0. The van der Waals surface area contributed by atoms with Gasteiger partial charge in [-0.3, -0.25) is 9.59 Å². The minimum absolute atomic E-state index is 0.164. The standard InChI is InChI=1S/C20H16N4O4/c1-23-16-9-13(3-4-14(16)24-15(20(23)26)6-7-22-24)19(25)21-10-12-2-5-17-18(8-12)28-11-27-17/h2-9H,10-11H2,1H3,(H,21,25). The molecule has 2 aromatic carbocycles. The largest absolute Gasteiger partial charge is 0.454 e. The van der Waals surface area contributed by atoms with Crippen LogP contribution in [0.25, 0.3) is 16.6 Å². The molecule has 5 rings (SSSR count). The first-order valence-corrected chi connectivity index (χ1v) is 8.75. The summed E-state index contributed by atoms with van der Waals surface area (Å²) in [6.07, 6.45) is 1.59. The summed E-state index contributed by atoms with van der Waals surface area (Å²) >= 11 is 0. The second kappa shape index (κ2) is 6.12. The first-order valence-electron chi connectivity index (χ1n) is 8.75. The molecule has 0 radical (unpaired) electrons. The Hall–Kier alpha value is -3.81. The second-order valence-electron chi connectivity index (χ2n) is 6.57. The smallest absolute Gasteiger partial charge is 0.276 e. The molecule has 4 aromatic rings. The third kappa shape index (κ3) is 2.50. The van der Waals surface area contributed by atoms with Gasteiger partial charge in [0.15, 0.2) is 11.5 Å². The quantitative estimate of drug-likeness (QED) is 0.590. The topological polar surface area (TPSA) is 86.9 Å². The van der Waals surface area contributed by atoms with E-state index in [0.717, 1.165) is 11.1 Å². The maximum absolute atomic E-state index is 12.6. The van der Waals surface area contributed by atoms with Gasteiger partial charge in [-0.2, -0.15) is 5.10 Å². The summed E-state index contributed by atoms with van der Waals surface area (Å²) in [5, 5.41) is 7.10. The number of nitrogens with zero attached hydrogens (tertiary/aromatic N) is 3. The molecule has 1 N–H and O–H groups in total. The number of carbonyl (C=O) groups is 1. The fourth-order valence-electron chi connectivity index (χ4n) is 3.39. The van der Waals surface area contributed by atoms with E-state index >= 15 is 0 Å². The molecule has 0 aliphatic carbocycles. The Labute approximate surface area is 158 Å². The Morgan fingerprint density at radius 3 is 2.82 bits per heavy atom. The molecule has 0 bridgehead atoms. The molecule has 0 fully saturated rings. The van der Waals surface area contributed by atoms with E-state index in [-0.39, 0.29) is 18.3 Å². The van der Waals surface area contributed by atoms with E-state index in [1.165, 1.54) is 4.57 Å². The van der Waals surface area contributed by atoms with E-state index in [4.69, 9.17) is 9.47 Å². The van der Waals surface area contributed by atoms with Crippen molar-refractivity contribution in [2.24, 2.45) is 7.05 Å². The monoisotopic (exact) mass is 376 g/mol. The Morgan fingerprint density at radius 2 is 1.93 bits per heavy atom. The van der Waals surface area contributed by atoms with Crippen molar-refractivity contribution in [3.05, 3.63) is 70.1 Å². The molecular weight excluding hydrogens is 360 g/mol. The third-order valence-corrected chi connectivity index (χ3v) is 4.88. The zero-order chi connectivity index (χ0) is 19.3. The van der Waals surface area contributed by atoms with Gasteiger partial charge in [-0.1, -0.05) is 6.07 Å². The first kappa shape index (κ1) is 16.4. The van der Waals surface area contributed by atoms with Gasteiger partial charge >= 0.3 is 0 Å². The predicted molar refractivity (Wildman–Crippen MR) is 102 cm³/mol. The molecule has 28 heavy (non-hydrogen) atoms. The zero-order valence-electron chi connectivity index (χ0n) is 15.0. The maximum atomic E-state index is 12.6. The van der Waals surface area contributed by atoms with Crippen molar-refractivity contribution >= 4 is 22.5 Å². The van der Waals surface area contributed by atoms with Crippen LogP contribution >= 0.6 is 0 Å². The number of carbonyl (C=O) groups excluding carboxylic acids is 1. The summed E-state index contributed by atoms with van der Waals surface area (Å²) in [6, 6.07) is 12.5. The van der Waals surface area contributed by atoms with Gasteiger partial charge in [-0.15, -0.1) is 0 Å². The van der Waals surface area contributed by atoms with Crippen molar-refractivity contribution < 1.29 is 14.3 Å². The van der Waals surface area contributed by atoms with Crippen molar-refractivity contribution in [2.75, 3.05) is 6.79 Å². The molecular formula is C20H16N4O4. The second-order valence-corrected chi connectivity index (χ2v) is 6.57. The number of ether oxygens (including phenoxy) is 2. The lowest BCUT2D eigenvalue weighted by Gasteiger charge is -2.10. The molecule has 0 saturated heterocycles. The van der Waals surface area contributed by atoms with Crippen LogP contribution in [0.4, 0.5) is 0 Å². The predicted octanol–water partition coefficient (Wildman–Crippen LogP) is 1.84. The lowest BCUT2D eigenvalue weighted by molar-refractivity contribution is 0.0951. The Balaban J connectivity index is 1.44. The van der Waals surface area contributed by atoms with Crippen LogP contribution in [-0.2, 0) is 13.6 Å². The van der Waals surface area contributed by atoms with Crippen LogP contribution in [0.15, 0.2) is 53.5 Å². The number of fused-ring (bicyclic) bond motifs is 4. The van der Waals surface area contributed by atoms with Gasteiger partial charge in [0.1, 0.15) is 5.52 Å². The number of aromatic nitrogens is 3. The van der Waals surface area contributed by atoms with Gasteiger partial charge in [-0.25, -0.2) is 4.52 Å². The van der Waals surface area contributed by atoms with Gasteiger partial charge < -0.3 is 19.4 Å². The lowest BCUT2D eigenvalue weighted by atomic mass is 10.1. The Kier molecular flexibility index (Phi) is 3.58. The SMILES string of the molecule is Cn1c(=O)c2ccnn2c2ccc(C(=O)NCc3ccc4c(c3)OCO4)cc21. The normalized spacial score (nSPS) is 12.6. The van der Waals surface area contributed by atoms with Crippen LogP contribution in [0.3, 0.4) is 0 Å². The molecule has 0 unspecified atom stereocenters. The lowest BCUT2D eigenvalue weighted by Crippen LogP contribution is -2.24. The molecule has 0 atom stereocenters. The van der Waals surface area contributed by atoms with E-state index in [1.807, 2.05) is 18.2 Å². The van der Waals surface area contributed by atoms with Crippen molar-refractivity contribution in [1.29, 1.82) is 0 Å². The molecule has 8 nitrogen and oxygen atoms in total. The minimum Gasteiger partial charge on any atom is -0.454 e. The summed E-state index contributed by atoms with van der Waals surface area (Å²) in [5.41, 5.74) is 3.10. The fourth-order valence-corrected chi connectivity index (χ4v) is 3.39. The van der Waals surface area contributed by atoms with E-state index in [0.29, 0.717) is 34.6 Å². The highest BCUT2D eigenvalue weighted by Crippen LogP contribution is 2.32. The molecule has 1 aliphatic heterocycles. The highest BCUT2D eigenvalue weighted by molar-refractivity contribution is 5.97. The molecule has 140 valence electrons. The highest BCUT2D eigenvalue weighted by Gasteiger charge is 2.15. The van der Waals surface area contributed by atoms with Gasteiger partial charge in [0, 0.05) is 19.2 Å². The molecule has 0 spiro atoms. The van der Waals surface area contributed by atoms with Crippen LogP contribution < -0.4 is 20.3 Å². The summed E-state index contributed by atoms with van der Waals surface area (Å²) in [4.78, 5) is 25.1. The summed E-state index contributed by atoms with van der Waals surface area (Å²) in [6.45, 7) is 0.565. The van der Waals surface area contributed by atoms with Crippen LogP contribution in [0.5, 0.6) is 11.5 Å². The highest BCUT2D eigenvalue weighted by atomic mass is 16.7. The van der Waals surface area contributed by atoms with Crippen molar-refractivity contribution in [1.82, 2.24) is 19.5 Å². The van der Waals surface area contributed by atoms with E-state index < -0.39 is 0 Å². The van der Waals surface area contributed by atoms with Crippen LogP contribution in [0.2, 0.25) is 0 Å². The van der Waals surface area contributed by atoms with Crippen molar-refractivity contribution in [3.63, 3.8) is 0 Å². The van der Waals surface area contributed by atoms with Crippen molar-refractivity contribution in [3.8, 4) is 11.5 Å². The van der Waals surface area contributed by atoms with Gasteiger partial charge in [-0.05, 0) is 42.0 Å². The molecule has 0 saturated carbocycles. The van der Waals surface area contributed by atoms with E-state index in [9.17, 15) is 9.59 Å². The number of amides is 1. The fraction of sp³-hybridized carbons (Fsp3) is 0.150. The number of benzene rings is 2. The number of aryl methyl sites for hydroxylation is 1. The molecule has 2 aromatic heterocycles. The first-order chi connectivity index (χ1) is 13.6. The number of hydrogen-bond acceptors (Lipinski definition) is 5. The van der Waals surface area contributed by atoms with E-state index in [2.05, 4.69) is 10.4 Å². The molecule has 1 aliphatic rings. The van der Waals surface area contributed by atoms with Crippen molar-refractivity contribution in [2.45, 2.75) is 6.54 Å². The Bertz CT molecular complexity index is 1310. The summed E-state index contributed by atoms with van der Waals surface area (Å²) in [7, 11) is 1.69. The Morgan fingerprint density at radius 1 is 1.07 bits per heavy atom. The van der Waals surface area contributed by atoms with Crippen LogP contribution in [0.1, 0.15) is 15.9 Å². The van der Waals surface area contributed by atoms with Crippen LogP contribution in [-0.4, -0.2) is 26.9 Å². The number of rotatable bonds is 3. The average molecular weight is 376 g/mol. The van der Waals surface area contributed by atoms with E-state index in [1.54, 1.807) is 42.0 Å². The number of nitrogens with one attached hydrogen (secondary N) is 1. The summed E-state index contributed by atoms with van der Waals surface area (Å²) < 4.78 is 13.8. The molecule has 3 heterocycles. The van der Waals surface area contributed by atoms with Gasteiger partial charge in [0.2, 0.25) is 6.79 Å². The minimum atomic E-state index is -0.229. The molecule has 8 heteroatoms. The van der Waals surface area contributed by atoms with Gasteiger partial charge in [0.25, 0.3) is 11.5 Å².